The predicted molar refractivity (Wildman–Crippen MR) is 87.9 cm³/mol. The molecule has 0 bridgehead atoms. The molecular formula is C17H26N2O3. The van der Waals surface area contributed by atoms with Gasteiger partial charge in [-0.2, -0.15) is 0 Å². The van der Waals surface area contributed by atoms with Crippen LogP contribution in [0.3, 0.4) is 0 Å². The van der Waals surface area contributed by atoms with Gasteiger partial charge in [0.2, 0.25) is 5.91 Å². The summed E-state index contributed by atoms with van der Waals surface area (Å²) in [6.07, 6.45) is 0. The topological polar surface area (TPSA) is 58.6 Å². The molecule has 1 amide bonds. The number of amides is 1. The molecule has 0 fully saturated rings. The second kappa shape index (κ2) is 7.40. The van der Waals surface area contributed by atoms with E-state index < -0.39 is 5.60 Å². The Labute approximate surface area is 132 Å². The number of hydrogen-bond acceptors (Lipinski definition) is 4. The normalized spacial score (nSPS) is 11.4. The Hall–Kier alpha value is -1.88. The molecule has 1 aromatic carbocycles. The summed E-state index contributed by atoms with van der Waals surface area (Å²) < 4.78 is 5.23. The fourth-order valence-electron chi connectivity index (χ4n) is 2.09. The minimum Gasteiger partial charge on any atom is -0.459 e. The van der Waals surface area contributed by atoms with Crippen molar-refractivity contribution in [1.29, 1.82) is 0 Å². The summed E-state index contributed by atoms with van der Waals surface area (Å²) in [4.78, 5) is 25.4. The van der Waals surface area contributed by atoms with Crippen LogP contribution in [0.1, 0.15) is 31.9 Å². The molecule has 5 nitrogen and oxygen atoms in total. The average molecular weight is 306 g/mol. The quantitative estimate of drug-likeness (QED) is 0.849. The number of esters is 1. The first-order chi connectivity index (χ1) is 10.1. The van der Waals surface area contributed by atoms with Crippen LogP contribution in [0.2, 0.25) is 0 Å². The first-order valence-corrected chi connectivity index (χ1v) is 7.35. The third-order valence-electron chi connectivity index (χ3n) is 2.98. The highest BCUT2D eigenvalue weighted by Crippen LogP contribution is 2.19. The fourth-order valence-corrected chi connectivity index (χ4v) is 2.09. The van der Waals surface area contributed by atoms with Gasteiger partial charge in [-0.15, -0.1) is 0 Å². The highest BCUT2D eigenvalue weighted by Gasteiger charge is 2.18. The Kier molecular flexibility index (Phi) is 6.11. The molecule has 0 aliphatic heterocycles. The Morgan fingerprint density at radius 2 is 1.68 bits per heavy atom. The number of carbonyl (C=O) groups is 2. The molecule has 1 N–H and O–H groups in total. The minimum atomic E-state index is -0.515. The second-order valence-electron chi connectivity index (χ2n) is 6.57. The van der Waals surface area contributed by atoms with E-state index in [2.05, 4.69) is 5.32 Å². The highest BCUT2D eigenvalue weighted by molar-refractivity contribution is 5.94. The lowest BCUT2D eigenvalue weighted by atomic mass is 10.1. The molecule has 122 valence electrons. The van der Waals surface area contributed by atoms with Crippen LogP contribution in [-0.2, 0) is 14.3 Å². The van der Waals surface area contributed by atoms with Gasteiger partial charge >= 0.3 is 5.97 Å². The molecule has 0 unspecified atom stereocenters. The van der Waals surface area contributed by atoms with Crippen molar-refractivity contribution >= 4 is 17.6 Å². The van der Waals surface area contributed by atoms with E-state index in [1.54, 1.807) is 11.9 Å². The molecule has 22 heavy (non-hydrogen) atoms. The van der Waals surface area contributed by atoms with Gasteiger partial charge in [0.25, 0.3) is 0 Å². The van der Waals surface area contributed by atoms with E-state index in [9.17, 15) is 9.59 Å². The summed E-state index contributed by atoms with van der Waals surface area (Å²) in [5.41, 5.74) is 2.35. The summed E-state index contributed by atoms with van der Waals surface area (Å²) in [5.74, 6) is -0.488. The fraction of sp³-hybridized carbons (Fsp3) is 0.529. The first kappa shape index (κ1) is 18.2. The van der Waals surface area contributed by atoms with Gasteiger partial charge in [-0.3, -0.25) is 14.5 Å². The number of aryl methyl sites for hydroxylation is 2. The molecule has 5 heteroatoms. The molecule has 0 saturated heterocycles. The molecule has 0 spiro atoms. The van der Waals surface area contributed by atoms with Crippen LogP contribution < -0.4 is 5.32 Å². The molecule has 0 atom stereocenters. The summed E-state index contributed by atoms with van der Waals surface area (Å²) in [6, 6.07) is 5.86. The van der Waals surface area contributed by atoms with Crippen LogP contribution in [-0.4, -0.2) is 42.5 Å². The number of para-hydroxylation sites is 1. The maximum atomic E-state index is 12.1. The van der Waals surface area contributed by atoms with Crippen molar-refractivity contribution in [2.45, 2.75) is 40.2 Å². The number of anilines is 1. The van der Waals surface area contributed by atoms with Crippen LogP contribution in [0.4, 0.5) is 5.69 Å². The number of benzene rings is 1. The van der Waals surface area contributed by atoms with Crippen LogP contribution in [0.5, 0.6) is 0 Å². The van der Waals surface area contributed by atoms with E-state index in [4.69, 9.17) is 4.74 Å². The zero-order chi connectivity index (χ0) is 16.9. The predicted octanol–water partition coefficient (Wildman–Crippen LogP) is 2.52. The van der Waals surface area contributed by atoms with E-state index in [0.29, 0.717) is 0 Å². The number of hydrogen-bond donors (Lipinski definition) is 1. The zero-order valence-corrected chi connectivity index (χ0v) is 14.3. The molecule has 0 aliphatic carbocycles. The minimum absolute atomic E-state index is 0.0808. The van der Waals surface area contributed by atoms with Crippen molar-refractivity contribution in [2.75, 3.05) is 25.5 Å². The molecule has 0 heterocycles. The maximum absolute atomic E-state index is 12.1. The van der Waals surface area contributed by atoms with Crippen molar-refractivity contribution < 1.29 is 14.3 Å². The summed E-state index contributed by atoms with van der Waals surface area (Å²) in [7, 11) is 1.72. The molecule has 0 aromatic heterocycles. The van der Waals surface area contributed by atoms with Gasteiger partial charge in [0, 0.05) is 5.69 Å². The number of nitrogens with one attached hydrogen (secondary N) is 1. The van der Waals surface area contributed by atoms with Crippen molar-refractivity contribution in [3.63, 3.8) is 0 Å². The summed E-state index contributed by atoms with van der Waals surface area (Å²) in [5, 5.41) is 2.90. The molecule has 0 aliphatic rings. The van der Waals surface area contributed by atoms with E-state index >= 15 is 0 Å². The van der Waals surface area contributed by atoms with Crippen molar-refractivity contribution in [3.05, 3.63) is 29.3 Å². The van der Waals surface area contributed by atoms with Gasteiger partial charge < -0.3 is 10.1 Å². The SMILES string of the molecule is Cc1cccc(C)c1NC(=O)CN(C)CC(=O)OC(C)(C)C. The Morgan fingerprint density at radius 1 is 1.14 bits per heavy atom. The number of likely N-dealkylation sites (N-methyl/N-ethyl adjacent to an activating group) is 1. The van der Waals surface area contributed by atoms with Crippen molar-refractivity contribution in [3.8, 4) is 0 Å². The van der Waals surface area contributed by atoms with Gasteiger partial charge in [0.15, 0.2) is 0 Å². The van der Waals surface area contributed by atoms with Crippen LogP contribution in [0.15, 0.2) is 18.2 Å². The second-order valence-corrected chi connectivity index (χ2v) is 6.57. The number of rotatable bonds is 5. The molecular weight excluding hydrogens is 280 g/mol. The third-order valence-corrected chi connectivity index (χ3v) is 2.98. The van der Waals surface area contributed by atoms with Crippen LogP contribution in [0.25, 0.3) is 0 Å². The van der Waals surface area contributed by atoms with Crippen molar-refractivity contribution in [2.24, 2.45) is 0 Å². The van der Waals surface area contributed by atoms with E-state index in [-0.39, 0.29) is 25.0 Å². The number of nitrogens with zero attached hydrogens (tertiary/aromatic N) is 1. The molecule has 0 radical (unpaired) electrons. The Balaban J connectivity index is 2.53. The lowest BCUT2D eigenvalue weighted by Crippen LogP contribution is -2.37. The zero-order valence-electron chi connectivity index (χ0n) is 14.3. The van der Waals surface area contributed by atoms with E-state index in [0.717, 1.165) is 16.8 Å². The van der Waals surface area contributed by atoms with Gasteiger partial charge in [-0.05, 0) is 52.8 Å². The van der Waals surface area contributed by atoms with Gasteiger partial charge in [-0.25, -0.2) is 0 Å². The maximum Gasteiger partial charge on any atom is 0.320 e. The molecule has 1 aromatic rings. The highest BCUT2D eigenvalue weighted by atomic mass is 16.6. The van der Waals surface area contributed by atoms with E-state index in [1.165, 1.54) is 0 Å². The number of carbonyl (C=O) groups excluding carboxylic acids is 2. The third kappa shape index (κ3) is 6.26. The lowest BCUT2D eigenvalue weighted by molar-refractivity contribution is -0.155. The number of ether oxygens (including phenoxy) is 1. The summed E-state index contributed by atoms with van der Waals surface area (Å²) >= 11 is 0. The largest absolute Gasteiger partial charge is 0.459 e. The standard InChI is InChI=1S/C17H26N2O3/c1-12-8-7-9-13(2)16(12)18-14(20)10-19(6)11-15(21)22-17(3,4)5/h7-9H,10-11H2,1-6H3,(H,18,20). The van der Waals surface area contributed by atoms with Gasteiger partial charge in [-0.1, -0.05) is 18.2 Å². The Morgan fingerprint density at radius 3 is 2.18 bits per heavy atom. The van der Waals surface area contributed by atoms with Crippen LogP contribution in [0, 0.1) is 13.8 Å². The van der Waals surface area contributed by atoms with Gasteiger partial charge in [0.05, 0.1) is 13.1 Å². The van der Waals surface area contributed by atoms with Crippen LogP contribution >= 0.6 is 0 Å². The smallest absolute Gasteiger partial charge is 0.320 e. The molecule has 1 rings (SSSR count). The summed E-state index contributed by atoms with van der Waals surface area (Å²) in [6.45, 7) is 9.57. The average Bonchev–Trinajstić information content (AvgIpc) is 2.31. The first-order valence-electron chi connectivity index (χ1n) is 7.35. The van der Waals surface area contributed by atoms with Gasteiger partial charge in [0.1, 0.15) is 5.60 Å². The Bertz CT molecular complexity index is 527. The van der Waals surface area contributed by atoms with Crippen molar-refractivity contribution in [1.82, 2.24) is 4.90 Å². The van der Waals surface area contributed by atoms with E-state index in [1.807, 2.05) is 52.8 Å². The lowest BCUT2D eigenvalue weighted by Gasteiger charge is -2.22. The monoisotopic (exact) mass is 306 g/mol. The molecule has 0 saturated carbocycles.